The van der Waals surface area contributed by atoms with Crippen LogP contribution in [0.1, 0.15) is 49.7 Å². The van der Waals surface area contributed by atoms with Crippen molar-refractivity contribution in [2.75, 3.05) is 26.7 Å². The Labute approximate surface area is 219 Å². The molecule has 0 amide bonds. The molecule has 3 aromatic rings. The van der Waals surface area contributed by atoms with Crippen LogP contribution in [0.3, 0.4) is 0 Å². The lowest BCUT2D eigenvalue weighted by molar-refractivity contribution is -0.140. The van der Waals surface area contributed by atoms with Crippen LogP contribution in [-0.4, -0.2) is 47.7 Å². The van der Waals surface area contributed by atoms with Crippen LogP contribution in [0.4, 0.5) is 17.6 Å². The van der Waals surface area contributed by atoms with Gasteiger partial charge in [-0.2, -0.15) is 0 Å². The largest absolute Gasteiger partial charge is 0.497 e. The fourth-order valence-corrected chi connectivity index (χ4v) is 5.60. The number of benzene rings is 2. The standard InChI is InChI=1S/C29H32F4N2O3/c1-38-20-6-7-27-23(16-20)21(26(33)18-34-27)4-2-8-29(17-28(36)37)9-12-35(13-10-29)11-3-5-22-24(31)14-19(30)15-25(22)32/h6-7,14-16,18H,2-5,8-13,17H2,1H3,(H,36,37). The number of halogens is 4. The number of pyridine rings is 1. The van der Waals surface area contributed by atoms with Gasteiger partial charge >= 0.3 is 5.97 Å². The predicted octanol–water partition coefficient (Wildman–Crippen LogP) is 6.31. The van der Waals surface area contributed by atoms with Gasteiger partial charge < -0.3 is 14.7 Å². The average Bonchev–Trinajstić information content (AvgIpc) is 2.87. The molecule has 1 N–H and O–H groups in total. The Balaban J connectivity index is 1.35. The van der Waals surface area contributed by atoms with Crippen LogP contribution in [0.25, 0.3) is 10.9 Å². The SMILES string of the molecule is COc1ccc2ncc(F)c(CCCC3(CC(=O)O)CCN(CCCc4c(F)cc(F)cc4F)CC3)c2c1. The summed E-state index contributed by atoms with van der Waals surface area (Å²) in [6.45, 7) is 1.95. The monoisotopic (exact) mass is 532 g/mol. The lowest BCUT2D eigenvalue weighted by Crippen LogP contribution is -2.41. The smallest absolute Gasteiger partial charge is 0.303 e. The summed E-state index contributed by atoms with van der Waals surface area (Å²) >= 11 is 0. The van der Waals surface area contributed by atoms with Gasteiger partial charge in [0, 0.05) is 23.1 Å². The minimum atomic E-state index is -0.936. The van der Waals surface area contributed by atoms with Gasteiger partial charge in [-0.3, -0.25) is 9.78 Å². The number of piperidine rings is 1. The molecule has 9 heteroatoms. The fraction of sp³-hybridized carbons (Fsp3) is 0.448. The summed E-state index contributed by atoms with van der Waals surface area (Å²) in [6, 6.07) is 6.72. The van der Waals surface area contributed by atoms with Crippen molar-refractivity contribution in [2.24, 2.45) is 5.41 Å². The quantitative estimate of drug-likeness (QED) is 0.293. The topological polar surface area (TPSA) is 62.7 Å². The summed E-state index contributed by atoms with van der Waals surface area (Å²) in [6.07, 6.45) is 5.00. The number of rotatable bonds is 11. The third-order valence-electron chi connectivity index (χ3n) is 7.72. The van der Waals surface area contributed by atoms with E-state index in [0.717, 1.165) is 0 Å². The maximum Gasteiger partial charge on any atom is 0.303 e. The van der Waals surface area contributed by atoms with Gasteiger partial charge in [-0.15, -0.1) is 0 Å². The Morgan fingerprint density at radius 3 is 2.34 bits per heavy atom. The fourth-order valence-electron chi connectivity index (χ4n) is 5.60. The van der Waals surface area contributed by atoms with E-state index in [1.54, 1.807) is 25.3 Å². The van der Waals surface area contributed by atoms with E-state index in [4.69, 9.17) is 4.74 Å². The molecule has 38 heavy (non-hydrogen) atoms. The number of methoxy groups -OCH3 is 1. The Kier molecular flexibility index (Phi) is 8.87. The van der Waals surface area contributed by atoms with Gasteiger partial charge in [0.25, 0.3) is 0 Å². The first kappa shape index (κ1) is 27.8. The highest BCUT2D eigenvalue weighted by Crippen LogP contribution is 2.40. The minimum Gasteiger partial charge on any atom is -0.497 e. The van der Waals surface area contributed by atoms with E-state index in [1.807, 2.05) is 0 Å². The molecule has 2 aromatic carbocycles. The number of likely N-dealkylation sites (tertiary alicyclic amines) is 1. The molecule has 1 saturated heterocycles. The van der Waals surface area contributed by atoms with Gasteiger partial charge in [0.2, 0.25) is 0 Å². The molecule has 0 aliphatic carbocycles. The Morgan fingerprint density at radius 2 is 1.68 bits per heavy atom. The molecule has 0 saturated carbocycles. The number of carboxylic acids is 1. The van der Waals surface area contributed by atoms with Crippen LogP contribution in [-0.2, 0) is 17.6 Å². The number of aliphatic carboxylic acids is 1. The minimum absolute atomic E-state index is 0.0419. The number of hydrogen-bond donors (Lipinski definition) is 1. The molecule has 204 valence electrons. The van der Waals surface area contributed by atoms with Crippen LogP contribution >= 0.6 is 0 Å². The number of carbonyl (C=O) groups is 1. The summed E-state index contributed by atoms with van der Waals surface area (Å²) in [5.41, 5.74) is 0.722. The molecule has 2 heterocycles. The number of carboxylic acid groups (broad SMARTS) is 1. The zero-order valence-electron chi connectivity index (χ0n) is 21.4. The summed E-state index contributed by atoms with van der Waals surface area (Å²) in [7, 11) is 1.55. The Hall–Kier alpha value is -3.20. The molecular formula is C29H32F4N2O3. The van der Waals surface area contributed by atoms with E-state index in [0.29, 0.717) is 92.5 Å². The number of aryl methyl sites for hydroxylation is 1. The molecular weight excluding hydrogens is 500 g/mol. The second kappa shape index (κ2) is 12.1. The van der Waals surface area contributed by atoms with Gasteiger partial charge in [0.15, 0.2) is 0 Å². The summed E-state index contributed by atoms with van der Waals surface area (Å²) in [5, 5.41) is 10.3. The van der Waals surface area contributed by atoms with E-state index in [9.17, 15) is 27.5 Å². The first-order chi connectivity index (χ1) is 18.2. The second-order valence-electron chi connectivity index (χ2n) is 10.2. The lowest BCUT2D eigenvalue weighted by atomic mass is 9.72. The number of hydrogen-bond acceptors (Lipinski definition) is 4. The third kappa shape index (κ3) is 6.62. The molecule has 1 aromatic heterocycles. The molecule has 0 radical (unpaired) electrons. The highest BCUT2D eigenvalue weighted by Gasteiger charge is 2.36. The van der Waals surface area contributed by atoms with Crippen molar-refractivity contribution in [1.29, 1.82) is 0 Å². The molecule has 1 aliphatic rings. The van der Waals surface area contributed by atoms with Crippen molar-refractivity contribution in [1.82, 2.24) is 9.88 Å². The van der Waals surface area contributed by atoms with E-state index in [1.165, 1.54) is 6.20 Å². The number of fused-ring (bicyclic) bond motifs is 1. The molecule has 0 bridgehead atoms. The van der Waals surface area contributed by atoms with Crippen LogP contribution in [0.15, 0.2) is 36.5 Å². The van der Waals surface area contributed by atoms with Crippen molar-refractivity contribution >= 4 is 16.9 Å². The maximum atomic E-state index is 14.7. The zero-order chi connectivity index (χ0) is 27.3. The van der Waals surface area contributed by atoms with E-state index >= 15 is 0 Å². The first-order valence-electron chi connectivity index (χ1n) is 12.9. The van der Waals surface area contributed by atoms with Gasteiger partial charge in [-0.25, -0.2) is 17.6 Å². The summed E-state index contributed by atoms with van der Waals surface area (Å²) in [4.78, 5) is 18.0. The number of nitrogens with zero attached hydrogens (tertiary/aromatic N) is 2. The Bertz CT molecular complexity index is 1270. The van der Waals surface area contributed by atoms with Crippen molar-refractivity contribution in [3.05, 3.63) is 70.9 Å². The van der Waals surface area contributed by atoms with Crippen molar-refractivity contribution in [3.63, 3.8) is 0 Å². The van der Waals surface area contributed by atoms with E-state index in [-0.39, 0.29) is 24.2 Å². The highest BCUT2D eigenvalue weighted by atomic mass is 19.1. The number of ether oxygens (including phenoxy) is 1. The van der Waals surface area contributed by atoms with Crippen molar-refractivity contribution in [3.8, 4) is 5.75 Å². The number of aromatic nitrogens is 1. The molecule has 5 nitrogen and oxygen atoms in total. The molecule has 0 atom stereocenters. The second-order valence-corrected chi connectivity index (χ2v) is 10.2. The highest BCUT2D eigenvalue weighted by molar-refractivity contribution is 5.83. The predicted molar refractivity (Wildman–Crippen MR) is 136 cm³/mol. The average molecular weight is 533 g/mol. The van der Waals surface area contributed by atoms with Crippen LogP contribution < -0.4 is 4.74 Å². The van der Waals surface area contributed by atoms with E-state index < -0.39 is 28.8 Å². The van der Waals surface area contributed by atoms with Crippen LogP contribution in [0, 0.1) is 28.7 Å². The molecule has 0 unspecified atom stereocenters. The van der Waals surface area contributed by atoms with Crippen molar-refractivity contribution in [2.45, 2.75) is 51.4 Å². The summed E-state index contributed by atoms with van der Waals surface area (Å²) < 4.78 is 61.0. The molecule has 1 aliphatic heterocycles. The third-order valence-corrected chi connectivity index (χ3v) is 7.72. The first-order valence-corrected chi connectivity index (χ1v) is 12.9. The Morgan fingerprint density at radius 1 is 1.00 bits per heavy atom. The van der Waals surface area contributed by atoms with Crippen LogP contribution in [0.5, 0.6) is 5.75 Å². The van der Waals surface area contributed by atoms with Gasteiger partial charge in [-0.05, 0) is 93.8 Å². The lowest BCUT2D eigenvalue weighted by Gasteiger charge is -2.41. The maximum absolute atomic E-state index is 14.7. The van der Waals surface area contributed by atoms with Crippen molar-refractivity contribution < 1.29 is 32.2 Å². The van der Waals surface area contributed by atoms with Crippen LogP contribution in [0.2, 0.25) is 0 Å². The molecule has 0 spiro atoms. The molecule has 1 fully saturated rings. The van der Waals surface area contributed by atoms with E-state index in [2.05, 4.69) is 9.88 Å². The molecule has 4 rings (SSSR count). The van der Waals surface area contributed by atoms with Gasteiger partial charge in [0.05, 0.1) is 25.2 Å². The normalized spacial score (nSPS) is 15.6. The van der Waals surface area contributed by atoms with Gasteiger partial charge in [-0.1, -0.05) is 0 Å². The zero-order valence-corrected chi connectivity index (χ0v) is 21.4. The summed E-state index contributed by atoms with van der Waals surface area (Å²) in [5.74, 6) is -3.32. The van der Waals surface area contributed by atoms with Gasteiger partial charge in [0.1, 0.15) is 29.0 Å².